The van der Waals surface area contributed by atoms with E-state index in [2.05, 4.69) is 5.32 Å². The Morgan fingerprint density at radius 1 is 0.862 bits per heavy atom. The molecule has 1 heterocycles. The maximum absolute atomic E-state index is 13.7. The van der Waals surface area contributed by atoms with Gasteiger partial charge >= 0.3 is 6.03 Å². The minimum absolute atomic E-state index is 0.210. The van der Waals surface area contributed by atoms with Crippen LogP contribution < -0.4 is 5.32 Å². The molecule has 1 atom stereocenters. The molecular formula is C25H24N2O2. The number of aryl methyl sites for hydroxylation is 2. The van der Waals surface area contributed by atoms with E-state index in [1.165, 1.54) is 4.90 Å². The number of rotatable bonds is 5. The second-order valence-electron chi connectivity index (χ2n) is 7.69. The van der Waals surface area contributed by atoms with Crippen LogP contribution in [0.3, 0.4) is 0 Å². The smallest absolute Gasteiger partial charge is 0.319 e. The second kappa shape index (κ2) is 7.55. The standard InChI is InChI=1S/C25H24N2O2/c1-18-13-14-19(2)21(15-18)17-27-23(28)25(26-24(27)29,22-11-7-4-8-12-22)16-20-9-5-3-6-10-20/h3-15H,16-17H2,1-2H3,(H,26,29). The minimum atomic E-state index is -1.10. The lowest BCUT2D eigenvalue weighted by Crippen LogP contribution is -2.46. The summed E-state index contributed by atoms with van der Waals surface area (Å²) in [6.07, 6.45) is 0.408. The summed E-state index contributed by atoms with van der Waals surface area (Å²) in [5.41, 5.74) is 3.85. The number of imide groups is 1. The highest BCUT2D eigenvalue weighted by molar-refractivity contribution is 6.07. The van der Waals surface area contributed by atoms with Crippen molar-refractivity contribution in [2.75, 3.05) is 0 Å². The fourth-order valence-electron chi connectivity index (χ4n) is 3.95. The van der Waals surface area contributed by atoms with Gasteiger partial charge in [-0.05, 0) is 36.1 Å². The van der Waals surface area contributed by atoms with Gasteiger partial charge in [-0.25, -0.2) is 4.79 Å². The highest BCUT2D eigenvalue weighted by Crippen LogP contribution is 2.34. The number of amides is 3. The molecule has 0 spiro atoms. The van der Waals surface area contributed by atoms with Crippen LogP contribution in [0.2, 0.25) is 0 Å². The second-order valence-corrected chi connectivity index (χ2v) is 7.69. The van der Waals surface area contributed by atoms with Gasteiger partial charge in [0.1, 0.15) is 0 Å². The fraction of sp³-hybridized carbons (Fsp3) is 0.200. The summed E-state index contributed by atoms with van der Waals surface area (Å²) >= 11 is 0. The molecule has 0 aliphatic carbocycles. The van der Waals surface area contributed by atoms with Crippen molar-refractivity contribution in [3.8, 4) is 0 Å². The van der Waals surface area contributed by atoms with Crippen LogP contribution in [0.5, 0.6) is 0 Å². The normalized spacial score (nSPS) is 18.8. The van der Waals surface area contributed by atoms with Gasteiger partial charge < -0.3 is 5.32 Å². The molecule has 4 rings (SSSR count). The van der Waals surface area contributed by atoms with Gasteiger partial charge in [-0.15, -0.1) is 0 Å². The lowest BCUT2D eigenvalue weighted by molar-refractivity contribution is -0.132. The van der Waals surface area contributed by atoms with Gasteiger partial charge in [0.2, 0.25) is 0 Å². The zero-order valence-corrected chi connectivity index (χ0v) is 16.7. The van der Waals surface area contributed by atoms with Gasteiger partial charge in [0.25, 0.3) is 5.91 Å². The Morgan fingerprint density at radius 2 is 1.52 bits per heavy atom. The molecule has 1 aliphatic rings. The molecule has 3 aromatic rings. The van der Waals surface area contributed by atoms with Crippen LogP contribution in [0, 0.1) is 13.8 Å². The quantitative estimate of drug-likeness (QED) is 0.659. The summed E-state index contributed by atoms with van der Waals surface area (Å²) in [6.45, 7) is 4.28. The van der Waals surface area contributed by atoms with E-state index < -0.39 is 5.54 Å². The van der Waals surface area contributed by atoms with E-state index in [4.69, 9.17) is 0 Å². The summed E-state index contributed by atoms with van der Waals surface area (Å²) in [6, 6.07) is 25.1. The van der Waals surface area contributed by atoms with Gasteiger partial charge in [-0.1, -0.05) is 84.4 Å². The van der Waals surface area contributed by atoms with Crippen LogP contribution in [0.4, 0.5) is 4.79 Å². The molecule has 3 amide bonds. The molecule has 0 radical (unpaired) electrons. The predicted molar refractivity (Wildman–Crippen MR) is 113 cm³/mol. The number of urea groups is 1. The number of hydrogen-bond acceptors (Lipinski definition) is 2. The maximum atomic E-state index is 13.7. The summed E-state index contributed by atoms with van der Waals surface area (Å²) in [5, 5.41) is 3.02. The summed E-state index contributed by atoms with van der Waals surface area (Å²) in [4.78, 5) is 28.0. The van der Waals surface area contributed by atoms with Crippen molar-refractivity contribution < 1.29 is 9.59 Å². The van der Waals surface area contributed by atoms with Gasteiger partial charge in [0.15, 0.2) is 5.54 Å². The number of nitrogens with zero attached hydrogens (tertiary/aromatic N) is 1. The molecule has 0 saturated carbocycles. The first-order chi connectivity index (χ1) is 14.0. The first kappa shape index (κ1) is 18.9. The molecule has 1 fully saturated rings. The van der Waals surface area contributed by atoms with Crippen molar-refractivity contribution in [3.63, 3.8) is 0 Å². The summed E-state index contributed by atoms with van der Waals surface area (Å²) in [5.74, 6) is -0.210. The third-order valence-electron chi connectivity index (χ3n) is 5.59. The van der Waals surface area contributed by atoms with Crippen LogP contribution in [0.25, 0.3) is 0 Å². The Labute approximate surface area is 171 Å². The van der Waals surface area contributed by atoms with Gasteiger partial charge in [-0.2, -0.15) is 0 Å². The molecule has 1 saturated heterocycles. The van der Waals surface area contributed by atoms with E-state index in [0.717, 1.165) is 27.8 Å². The average Bonchev–Trinajstić information content (AvgIpc) is 2.97. The SMILES string of the molecule is Cc1ccc(C)c(CN2C(=O)NC(Cc3ccccc3)(c3ccccc3)C2=O)c1. The molecular weight excluding hydrogens is 360 g/mol. The lowest BCUT2D eigenvalue weighted by atomic mass is 9.83. The minimum Gasteiger partial charge on any atom is -0.319 e. The Hall–Kier alpha value is -3.40. The van der Waals surface area contributed by atoms with E-state index in [1.54, 1.807) is 0 Å². The third-order valence-corrected chi connectivity index (χ3v) is 5.59. The summed E-state index contributed by atoms with van der Waals surface area (Å²) < 4.78 is 0. The number of hydrogen-bond donors (Lipinski definition) is 1. The van der Waals surface area contributed by atoms with Crippen molar-refractivity contribution in [3.05, 3.63) is 107 Å². The highest BCUT2D eigenvalue weighted by Gasteiger charge is 2.52. The first-order valence-corrected chi connectivity index (χ1v) is 9.79. The van der Waals surface area contributed by atoms with Crippen molar-refractivity contribution >= 4 is 11.9 Å². The van der Waals surface area contributed by atoms with E-state index in [9.17, 15) is 9.59 Å². The molecule has 3 aromatic carbocycles. The van der Waals surface area contributed by atoms with Crippen LogP contribution >= 0.6 is 0 Å². The highest BCUT2D eigenvalue weighted by atomic mass is 16.2. The fourth-order valence-corrected chi connectivity index (χ4v) is 3.95. The Kier molecular flexibility index (Phi) is 4.93. The van der Waals surface area contributed by atoms with E-state index in [-0.39, 0.29) is 18.5 Å². The molecule has 1 N–H and O–H groups in total. The number of benzene rings is 3. The number of carbonyl (C=O) groups is 2. The Bertz CT molecular complexity index is 1050. The molecule has 0 bridgehead atoms. The molecule has 1 unspecified atom stereocenters. The molecule has 4 heteroatoms. The zero-order valence-electron chi connectivity index (χ0n) is 16.7. The molecule has 4 nitrogen and oxygen atoms in total. The Balaban J connectivity index is 1.74. The monoisotopic (exact) mass is 384 g/mol. The average molecular weight is 384 g/mol. The van der Waals surface area contributed by atoms with Gasteiger partial charge in [0.05, 0.1) is 6.54 Å². The van der Waals surface area contributed by atoms with Crippen LogP contribution in [-0.2, 0) is 23.3 Å². The largest absolute Gasteiger partial charge is 0.325 e. The number of carbonyl (C=O) groups excluding carboxylic acids is 2. The van der Waals surface area contributed by atoms with Crippen molar-refractivity contribution in [2.45, 2.75) is 32.4 Å². The molecule has 0 aromatic heterocycles. The van der Waals surface area contributed by atoms with Crippen LogP contribution in [0.15, 0.2) is 78.9 Å². The zero-order chi connectivity index (χ0) is 20.4. The van der Waals surface area contributed by atoms with Crippen molar-refractivity contribution in [2.24, 2.45) is 0 Å². The maximum Gasteiger partial charge on any atom is 0.325 e. The van der Waals surface area contributed by atoms with Crippen LogP contribution in [-0.4, -0.2) is 16.8 Å². The molecule has 29 heavy (non-hydrogen) atoms. The van der Waals surface area contributed by atoms with Crippen LogP contribution in [0.1, 0.15) is 27.8 Å². The Morgan fingerprint density at radius 3 is 2.21 bits per heavy atom. The predicted octanol–water partition coefficient (Wildman–Crippen LogP) is 4.49. The van der Waals surface area contributed by atoms with E-state index in [1.807, 2.05) is 92.7 Å². The van der Waals surface area contributed by atoms with Gasteiger partial charge in [-0.3, -0.25) is 9.69 Å². The first-order valence-electron chi connectivity index (χ1n) is 9.79. The molecule has 1 aliphatic heterocycles. The molecule has 146 valence electrons. The van der Waals surface area contributed by atoms with E-state index >= 15 is 0 Å². The van der Waals surface area contributed by atoms with E-state index in [0.29, 0.717) is 6.42 Å². The van der Waals surface area contributed by atoms with Crippen molar-refractivity contribution in [1.82, 2.24) is 10.2 Å². The number of nitrogens with one attached hydrogen (secondary N) is 1. The topological polar surface area (TPSA) is 49.4 Å². The summed E-state index contributed by atoms with van der Waals surface area (Å²) in [7, 11) is 0. The van der Waals surface area contributed by atoms with Crippen molar-refractivity contribution in [1.29, 1.82) is 0 Å². The lowest BCUT2D eigenvalue weighted by Gasteiger charge is -2.27. The van der Waals surface area contributed by atoms with Gasteiger partial charge in [0, 0.05) is 6.42 Å². The third kappa shape index (κ3) is 3.54.